The van der Waals surface area contributed by atoms with Crippen LogP contribution in [0.2, 0.25) is 5.02 Å². The summed E-state index contributed by atoms with van der Waals surface area (Å²) < 4.78 is 5.39. The molecule has 0 radical (unpaired) electrons. The van der Waals surface area contributed by atoms with Gasteiger partial charge in [0, 0.05) is 17.4 Å². The Labute approximate surface area is 176 Å². The summed E-state index contributed by atoms with van der Waals surface area (Å²) in [5, 5.41) is 9.54. The Morgan fingerprint density at radius 2 is 2.00 bits per heavy atom. The molecule has 1 aromatic carbocycles. The first kappa shape index (κ1) is 19.2. The predicted molar refractivity (Wildman–Crippen MR) is 116 cm³/mol. The van der Waals surface area contributed by atoms with Gasteiger partial charge in [-0.15, -0.1) is 5.10 Å². The van der Waals surface area contributed by atoms with Gasteiger partial charge < -0.3 is 4.42 Å². The van der Waals surface area contributed by atoms with Crippen LogP contribution in [0.4, 0.5) is 0 Å². The Kier molecular flexibility index (Phi) is 5.88. The van der Waals surface area contributed by atoms with Crippen molar-refractivity contribution in [3.05, 3.63) is 94.0 Å². The van der Waals surface area contributed by atoms with Crippen LogP contribution in [0.1, 0.15) is 16.9 Å². The number of amidine groups is 1. The van der Waals surface area contributed by atoms with Crippen molar-refractivity contribution in [2.24, 2.45) is 10.2 Å². The van der Waals surface area contributed by atoms with Gasteiger partial charge in [-0.1, -0.05) is 29.8 Å². The highest BCUT2D eigenvalue weighted by Crippen LogP contribution is 2.33. The van der Waals surface area contributed by atoms with Crippen molar-refractivity contribution in [1.29, 1.82) is 0 Å². The third-order valence-electron chi connectivity index (χ3n) is 3.98. The second kappa shape index (κ2) is 8.89. The lowest BCUT2D eigenvalue weighted by Crippen LogP contribution is -2.28. The van der Waals surface area contributed by atoms with Gasteiger partial charge in [0.25, 0.3) is 5.91 Å². The zero-order valence-corrected chi connectivity index (χ0v) is 16.7. The van der Waals surface area contributed by atoms with Gasteiger partial charge in [0.2, 0.25) is 0 Å². The molecule has 0 atom stereocenters. The van der Waals surface area contributed by atoms with E-state index in [0.29, 0.717) is 20.9 Å². The fraction of sp³-hybridized carbons (Fsp3) is 0.0476. The lowest BCUT2D eigenvalue weighted by molar-refractivity contribution is -0.122. The Hall–Kier alpha value is -3.16. The summed E-state index contributed by atoms with van der Waals surface area (Å²) in [5.74, 6) is 0.506. The number of rotatable bonds is 5. The zero-order chi connectivity index (χ0) is 20.1. The Morgan fingerprint density at radius 3 is 2.72 bits per heavy atom. The molecule has 144 valence electrons. The Balaban J connectivity index is 1.60. The number of amides is 1. The quantitative estimate of drug-likeness (QED) is 0.335. The molecule has 29 heavy (non-hydrogen) atoms. The highest BCUT2D eigenvalue weighted by Gasteiger charge is 2.34. The van der Waals surface area contributed by atoms with Gasteiger partial charge in [-0.2, -0.15) is 5.10 Å². The van der Waals surface area contributed by atoms with Crippen LogP contribution in [0.15, 0.2) is 86.7 Å². The predicted octanol–water partition coefficient (Wildman–Crippen LogP) is 4.83. The minimum absolute atomic E-state index is 0.157. The summed E-state index contributed by atoms with van der Waals surface area (Å²) >= 11 is 7.16. The molecule has 1 fully saturated rings. The number of nitrogens with zero attached hydrogens (tertiary/aromatic N) is 4. The maximum atomic E-state index is 12.9. The summed E-state index contributed by atoms with van der Waals surface area (Å²) in [6.45, 7) is 0.276. The summed E-state index contributed by atoms with van der Waals surface area (Å²) in [6, 6.07) is 14.5. The van der Waals surface area contributed by atoms with Crippen LogP contribution in [0.25, 0.3) is 6.08 Å². The van der Waals surface area contributed by atoms with Gasteiger partial charge in [-0.25, -0.2) is 0 Å². The molecular weight excluding hydrogens is 408 g/mol. The molecule has 3 heterocycles. The molecule has 8 heteroatoms. The fourth-order valence-electron chi connectivity index (χ4n) is 2.59. The van der Waals surface area contributed by atoms with E-state index in [4.69, 9.17) is 16.0 Å². The molecule has 4 rings (SSSR count). The van der Waals surface area contributed by atoms with E-state index < -0.39 is 0 Å². The number of hydrogen-bond acceptors (Lipinski definition) is 6. The lowest BCUT2D eigenvalue weighted by Gasteiger charge is -2.12. The number of aromatic nitrogens is 1. The molecule has 1 aliphatic heterocycles. The number of thioether (sulfide) groups is 1. The van der Waals surface area contributed by atoms with E-state index in [0.717, 1.165) is 11.1 Å². The van der Waals surface area contributed by atoms with Crippen LogP contribution in [-0.4, -0.2) is 27.2 Å². The second-order valence-corrected chi connectivity index (χ2v) is 7.49. The van der Waals surface area contributed by atoms with E-state index in [2.05, 4.69) is 15.2 Å². The van der Waals surface area contributed by atoms with E-state index in [9.17, 15) is 4.79 Å². The molecule has 2 aromatic heterocycles. The van der Waals surface area contributed by atoms with Crippen molar-refractivity contribution in [2.75, 3.05) is 0 Å². The molecule has 6 nitrogen and oxygen atoms in total. The number of hydrogen-bond donors (Lipinski definition) is 0. The third-order valence-corrected chi connectivity index (χ3v) is 5.23. The Bertz CT molecular complexity index is 1080. The minimum atomic E-state index is -0.157. The number of halogens is 1. The summed E-state index contributed by atoms with van der Waals surface area (Å²) in [6.07, 6.45) is 8.37. The molecule has 0 N–H and O–H groups in total. The van der Waals surface area contributed by atoms with Crippen LogP contribution in [0.5, 0.6) is 0 Å². The van der Waals surface area contributed by atoms with E-state index >= 15 is 0 Å². The minimum Gasteiger partial charge on any atom is -0.467 e. The van der Waals surface area contributed by atoms with Gasteiger partial charge in [-0.05, 0) is 59.3 Å². The molecule has 0 spiro atoms. The molecular formula is C21H15ClN4O2S. The SMILES string of the molecule is O=C1/C(=C/c2cccnc2)S/C(=N/N=C\c2ccc(Cl)cc2)N1Cc1ccco1. The van der Waals surface area contributed by atoms with Gasteiger partial charge in [-0.3, -0.25) is 14.7 Å². The normalized spacial score (nSPS) is 17.1. The Morgan fingerprint density at radius 1 is 1.14 bits per heavy atom. The van der Waals surface area contributed by atoms with Crippen LogP contribution >= 0.6 is 23.4 Å². The molecule has 1 aliphatic rings. The van der Waals surface area contributed by atoms with Gasteiger partial charge in [0.15, 0.2) is 5.17 Å². The molecule has 1 amide bonds. The summed E-state index contributed by atoms with van der Waals surface area (Å²) in [4.78, 5) is 19.1. The molecule has 1 saturated heterocycles. The number of pyridine rings is 1. The molecule has 0 bridgehead atoms. The van der Waals surface area contributed by atoms with Gasteiger partial charge in [0.1, 0.15) is 5.76 Å². The molecule has 0 aliphatic carbocycles. The van der Waals surface area contributed by atoms with Gasteiger partial charge >= 0.3 is 0 Å². The third kappa shape index (κ3) is 4.82. The number of benzene rings is 1. The average molecular weight is 423 g/mol. The smallest absolute Gasteiger partial charge is 0.267 e. The molecule has 0 unspecified atom stereocenters. The van der Waals surface area contributed by atoms with Crippen LogP contribution < -0.4 is 0 Å². The maximum Gasteiger partial charge on any atom is 0.267 e. The molecule has 0 saturated carbocycles. The number of carbonyl (C=O) groups excluding carboxylic acids is 1. The van der Waals surface area contributed by atoms with Crippen molar-refractivity contribution in [2.45, 2.75) is 6.54 Å². The van der Waals surface area contributed by atoms with E-state index in [1.807, 2.05) is 30.3 Å². The average Bonchev–Trinajstić information content (AvgIpc) is 3.35. The van der Waals surface area contributed by atoms with Crippen molar-refractivity contribution < 1.29 is 9.21 Å². The van der Waals surface area contributed by atoms with Crippen LogP contribution in [-0.2, 0) is 11.3 Å². The summed E-state index contributed by atoms with van der Waals surface area (Å²) in [5.41, 5.74) is 1.70. The monoisotopic (exact) mass is 422 g/mol. The number of carbonyl (C=O) groups is 1. The lowest BCUT2D eigenvalue weighted by atomic mass is 10.2. The highest BCUT2D eigenvalue weighted by molar-refractivity contribution is 8.18. The fourth-order valence-corrected chi connectivity index (χ4v) is 3.65. The van der Waals surface area contributed by atoms with E-state index in [1.54, 1.807) is 54.0 Å². The van der Waals surface area contributed by atoms with Crippen molar-refractivity contribution >= 4 is 46.7 Å². The van der Waals surface area contributed by atoms with Crippen molar-refractivity contribution in [3.8, 4) is 0 Å². The molecule has 3 aromatic rings. The summed E-state index contributed by atoms with van der Waals surface area (Å²) in [7, 11) is 0. The van der Waals surface area contributed by atoms with E-state index in [1.165, 1.54) is 11.8 Å². The largest absolute Gasteiger partial charge is 0.467 e. The van der Waals surface area contributed by atoms with E-state index in [-0.39, 0.29) is 12.5 Å². The first-order valence-electron chi connectivity index (χ1n) is 8.69. The highest BCUT2D eigenvalue weighted by atomic mass is 35.5. The van der Waals surface area contributed by atoms with Crippen molar-refractivity contribution in [1.82, 2.24) is 9.88 Å². The van der Waals surface area contributed by atoms with Gasteiger partial charge in [0.05, 0.1) is 23.9 Å². The topological polar surface area (TPSA) is 71.1 Å². The first-order valence-corrected chi connectivity index (χ1v) is 9.89. The number of furan rings is 1. The van der Waals surface area contributed by atoms with Crippen LogP contribution in [0.3, 0.4) is 0 Å². The van der Waals surface area contributed by atoms with Crippen LogP contribution in [0, 0.1) is 0 Å². The van der Waals surface area contributed by atoms with Crippen molar-refractivity contribution in [3.63, 3.8) is 0 Å². The second-order valence-electron chi connectivity index (χ2n) is 6.05. The standard InChI is InChI=1S/C21H15ClN4O2S/c22-17-7-5-15(6-8-17)13-24-25-21-26(14-18-4-2-10-28-18)20(27)19(29-21)11-16-3-1-9-23-12-16/h1-13H,14H2/b19-11-,24-13-,25-21+. The first-order chi connectivity index (χ1) is 14.2. The zero-order valence-electron chi connectivity index (χ0n) is 15.1. The maximum absolute atomic E-state index is 12.9.